The van der Waals surface area contributed by atoms with Gasteiger partial charge in [0.25, 0.3) is 0 Å². The number of hydrogen-bond donors (Lipinski definition) is 0. The Morgan fingerprint density at radius 2 is 2.27 bits per heavy atom. The first-order chi connectivity index (χ1) is 5.08. The first kappa shape index (κ1) is 8.76. The first-order valence-electron chi connectivity index (χ1n) is 4.60. The fourth-order valence-electron chi connectivity index (χ4n) is 1.97. The Labute approximate surface area is 69.2 Å². The van der Waals surface area contributed by atoms with Crippen LogP contribution in [0.4, 0.5) is 0 Å². The van der Waals surface area contributed by atoms with E-state index in [0.717, 1.165) is 19.3 Å². The van der Waals surface area contributed by atoms with Gasteiger partial charge in [-0.15, -0.1) is 0 Å². The van der Waals surface area contributed by atoms with Crippen LogP contribution in [0.15, 0.2) is 0 Å². The number of rotatable bonds is 2. The minimum atomic E-state index is 0.325. The van der Waals surface area contributed by atoms with Gasteiger partial charge in [0.05, 0.1) is 0 Å². The van der Waals surface area contributed by atoms with Crippen LogP contribution in [0.1, 0.15) is 46.5 Å². The topological polar surface area (TPSA) is 17.1 Å². The molecular weight excluding hydrogens is 136 g/mol. The van der Waals surface area contributed by atoms with Gasteiger partial charge in [-0.2, -0.15) is 0 Å². The third kappa shape index (κ3) is 1.63. The molecule has 1 nitrogen and oxygen atoms in total. The van der Waals surface area contributed by atoms with E-state index < -0.39 is 0 Å². The van der Waals surface area contributed by atoms with Gasteiger partial charge in [-0.05, 0) is 17.8 Å². The lowest BCUT2D eigenvalue weighted by molar-refractivity contribution is -0.118. The molecule has 1 fully saturated rings. The van der Waals surface area contributed by atoms with Gasteiger partial charge < -0.3 is 0 Å². The lowest BCUT2D eigenvalue weighted by atomic mass is 9.75. The van der Waals surface area contributed by atoms with Crippen molar-refractivity contribution in [3.05, 3.63) is 0 Å². The molecule has 64 valence electrons. The summed E-state index contributed by atoms with van der Waals surface area (Å²) < 4.78 is 0. The summed E-state index contributed by atoms with van der Waals surface area (Å²) in [4.78, 5) is 11.1. The molecule has 0 N–H and O–H groups in total. The van der Waals surface area contributed by atoms with Gasteiger partial charge >= 0.3 is 0 Å². The van der Waals surface area contributed by atoms with E-state index in [4.69, 9.17) is 0 Å². The van der Waals surface area contributed by atoms with Gasteiger partial charge in [0.15, 0.2) is 0 Å². The molecule has 1 heteroatoms. The van der Waals surface area contributed by atoms with Crippen LogP contribution in [0, 0.1) is 11.3 Å². The predicted molar refractivity (Wildman–Crippen MR) is 46.4 cm³/mol. The monoisotopic (exact) mass is 154 g/mol. The molecule has 1 rings (SSSR count). The van der Waals surface area contributed by atoms with E-state index in [9.17, 15) is 4.79 Å². The van der Waals surface area contributed by atoms with Gasteiger partial charge in [0, 0.05) is 12.8 Å². The third-order valence-electron chi connectivity index (χ3n) is 3.38. The molecule has 2 unspecified atom stereocenters. The van der Waals surface area contributed by atoms with Crippen molar-refractivity contribution in [2.75, 3.05) is 0 Å². The molecule has 0 aromatic carbocycles. The van der Waals surface area contributed by atoms with Gasteiger partial charge in [0.2, 0.25) is 0 Å². The van der Waals surface area contributed by atoms with E-state index in [0.29, 0.717) is 17.1 Å². The summed E-state index contributed by atoms with van der Waals surface area (Å²) >= 11 is 0. The summed E-state index contributed by atoms with van der Waals surface area (Å²) in [5.74, 6) is 1.17. The van der Waals surface area contributed by atoms with Crippen molar-refractivity contribution in [1.82, 2.24) is 0 Å². The van der Waals surface area contributed by atoms with Crippen LogP contribution < -0.4 is 0 Å². The van der Waals surface area contributed by atoms with Gasteiger partial charge in [-0.25, -0.2) is 0 Å². The largest absolute Gasteiger partial charge is 0.300 e. The summed E-state index contributed by atoms with van der Waals surface area (Å²) in [7, 11) is 0. The number of hydrogen-bond acceptors (Lipinski definition) is 1. The minimum Gasteiger partial charge on any atom is -0.300 e. The molecule has 0 radical (unpaired) electrons. The Morgan fingerprint density at radius 3 is 2.64 bits per heavy atom. The summed E-state index contributed by atoms with van der Waals surface area (Å²) in [5.41, 5.74) is 0.325. The number of Topliss-reactive ketones (excluding diaryl/α,β-unsaturated/α-hetero) is 1. The molecule has 2 atom stereocenters. The Balaban J connectivity index is 2.61. The minimum absolute atomic E-state index is 0.325. The van der Waals surface area contributed by atoms with Crippen LogP contribution in [0.25, 0.3) is 0 Å². The van der Waals surface area contributed by atoms with Crippen molar-refractivity contribution >= 4 is 5.78 Å². The number of ketones is 1. The maximum atomic E-state index is 11.1. The summed E-state index contributed by atoms with van der Waals surface area (Å²) in [5, 5.41) is 0. The molecule has 0 bridgehead atoms. The maximum absolute atomic E-state index is 11.1. The molecule has 0 amide bonds. The highest BCUT2D eigenvalue weighted by atomic mass is 16.1. The number of carbonyl (C=O) groups excluding carboxylic acids is 1. The van der Waals surface area contributed by atoms with Crippen molar-refractivity contribution in [3.8, 4) is 0 Å². The Kier molecular flexibility index (Phi) is 2.36. The predicted octanol–water partition coefficient (Wildman–Crippen LogP) is 2.79. The van der Waals surface area contributed by atoms with E-state index in [2.05, 4.69) is 20.8 Å². The zero-order valence-corrected chi connectivity index (χ0v) is 7.81. The molecule has 1 aliphatic rings. The molecule has 0 heterocycles. The lowest BCUT2D eigenvalue weighted by Gasteiger charge is -2.29. The van der Waals surface area contributed by atoms with E-state index in [-0.39, 0.29) is 0 Å². The van der Waals surface area contributed by atoms with Crippen molar-refractivity contribution < 1.29 is 4.79 Å². The normalized spacial score (nSPS) is 34.3. The molecule has 0 aliphatic heterocycles. The second-order valence-electron chi connectivity index (χ2n) is 4.18. The van der Waals surface area contributed by atoms with E-state index in [1.807, 2.05) is 0 Å². The Morgan fingerprint density at radius 1 is 1.64 bits per heavy atom. The Bertz CT molecular complexity index is 162. The zero-order chi connectivity index (χ0) is 8.48. The molecule has 0 spiro atoms. The summed E-state index contributed by atoms with van der Waals surface area (Å²) in [6.45, 7) is 6.73. The highest BCUT2D eigenvalue weighted by Crippen LogP contribution is 2.43. The molecule has 0 aromatic rings. The summed E-state index contributed by atoms with van der Waals surface area (Å²) in [6, 6.07) is 0. The standard InChI is InChI=1S/C10H18O/c1-4-8(2)10(3)6-5-9(11)7-10/h8H,4-7H2,1-3H3. The van der Waals surface area contributed by atoms with Crippen LogP contribution in [0.2, 0.25) is 0 Å². The number of carbonyl (C=O) groups is 1. The molecule has 11 heavy (non-hydrogen) atoms. The smallest absolute Gasteiger partial charge is 0.133 e. The molecule has 0 aromatic heterocycles. The molecule has 1 aliphatic carbocycles. The van der Waals surface area contributed by atoms with Crippen LogP contribution in [0.3, 0.4) is 0 Å². The van der Waals surface area contributed by atoms with Crippen molar-refractivity contribution in [2.45, 2.75) is 46.5 Å². The second-order valence-corrected chi connectivity index (χ2v) is 4.18. The van der Waals surface area contributed by atoms with Gasteiger partial charge in [-0.3, -0.25) is 4.79 Å². The fourth-order valence-corrected chi connectivity index (χ4v) is 1.97. The maximum Gasteiger partial charge on any atom is 0.133 e. The first-order valence-corrected chi connectivity index (χ1v) is 4.60. The molecule has 1 saturated carbocycles. The third-order valence-corrected chi connectivity index (χ3v) is 3.38. The quantitative estimate of drug-likeness (QED) is 0.597. The second kappa shape index (κ2) is 2.96. The fraction of sp³-hybridized carbons (Fsp3) is 0.900. The van der Waals surface area contributed by atoms with Crippen LogP contribution in [0.5, 0.6) is 0 Å². The summed E-state index contributed by atoms with van der Waals surface area (Å²) in [6.07, 6.45) is 3.95. The van der Waals surface area contributed by atoms with Crippen molar-refractivity contribution in [1.29, 1.82) is 0 Å². The molecular formula is C10H18O. The molecule has 0 saturated heterocycles. The van der Waals surface area contributed by atoms with E-state index >= 15 is 0 Å². The highest BCUT2D eigenvalue weighted by Gasteiger charge is 2.37. The van der Waals surface area contributed by atoms with Crippen LogP contribution >= 0.6 is 0 Å². The van der Waals surface area contributed by atoms with Crippen LogP contribution in [-0.4, -0.2) is 5.78 Å². The van der Waals surface area contributed by atoms with Crippen LogP contribution in [-0.2, 0) is 4.79 Å². The van der Waals surface area contributed by atoms with Gasteiger partial charge in [0.1, 0.15) is 5.78 Å². The van der Waals surface area contributed by atoms with Gasteiger partial charge in [-0.1, -0.05) is 27.2 Å². The Hall–Kier alpha value is -0.330. The highest BCUT2D eigenvalue weighted by molar-refractivity contribution is 5.81. The van der Waals surface area contributed by atoms with Crippen molar-refractivity contribution in [3.63, 3.8) is 0 Å². The zero-order valence-electron chi connectivity index (χ0n) is 7.81. The average Bonchev–Trinajstić information content (AvgIpc) is 2.31. The average molecular weight is 154 g/mol. The van der Waals surface area contributed by atoms with Crippen molar-refractivity contribution in [2.24, 2.45) is 11.3 Å². The SMILES string of the molecule is CCC(C)C1(C)CCC(=O)C1. The van der Waals surface area contributed by atoms with E-state index in [1.165, 1.54) is 6.42 Å². The lowest BCUT2D eigenvalue weighted by Crippen LogP contribution is -2.21. The van der Waals surface area contributed by atoms with E-state index in [1.54, 1.807) is 0 Å².